The third-order valence-corrected chi connectivity index (χ3v) is 6.60. The molecule has 1 aromatic carbocycles. The fraction of sp³-hybridized carbons (Fsp3) is 0.333. The standard InChI is InChI=1S/C12H15BrN4O4S2/c1-9(6-17-8-14-7-15-17)16-23(20,21)12-5-10(22(2,18)19)3-4-11(12)13/h3-5,7-9,16H,6H2,1-2H3. The monoisotopic (exact) mass is 422 g/mol. The summed E-state index contributed by atoms with van der Waals surface area (Å²) in [7, 11) is -7.41. The summed E-state index contributed by atoms with van der Waals surface area (Å²) in [5, 5.41) is 3.91. The molecule has 1 atom stereocenters. The summed E-state index contributed by atoms with van der Waals surface area (Å²) >= 11 is 3.14. The summed E-state index contributed by atoms with van der Waals surface area (Å²) in [6, 6.07) is 3.41. The van der Waals surface area contributed by atoms with Gasteiger partial charge < -0.3 is 0 Å². The van der Waals surface area contributed by atoms with Crippen molar-refractivity contribution in [3.63, 3.8) is 0 Å². The number of nitrogens with zero attached hydrogens (tertiary/aromatic N) is 3. The van der Waals surface area contributed by atoms with Gasteiger partial charge >= 0.3 is 0 Å². The molecular formula is C12H15BrN4O4S2. The Kier molecular flexibility index (Phi) is 5.23. The average molecular weight is 423 g/mol. The molecule has 2 rings (SSSR count). The Morgan fingerprint density at radius 3 is 2.57 bits per heavy atom. The van der Waals surface area contributed by atoms with E-state index in [-0.39, 0.29) is 14.3 Å². The normalized spacial score (nSPS) is 13.9. The lowest BCUT2D eigenvalue weighted by molar-refractivity contribution is 0.493. The van der Waals surface area contributed by atoms with E-state index in [9.17, 15) is 16.8 Å². The van der Waals surface area contributed by atoms with E-state index in [1.54, 1.807) is 6.92 Å². The van der Waals surface area contributed by atoms with Crippen LogP contribution in [0.25, 0.3) is 0 Å². The zero-order chi connectivity index (χ0) is 17.3. The molecule has 1 aromatic heterocycles. The predicted molar refractivity (Wildman–Crippen MR) is 87.1 cm³/mol. The Morgan fingerprint density at radius 2 is 2.00 bits per heavy atom. The van der Waals surface area contributed by atoms with Gasteiger partial charge in [-0.05, 0) is 41.1 Å². The topological polar surface area (TPSA) is 111 Å². The van der Waals surface area contributed by atoms with Gasteiger partial charge in [0.15, 0.2) is 9.84 Å². The molecule has 0 radical (unpaired) electrons. The Balaban J connectivity index is 2.28. The summed E-state index contributed by atoms with van der Waals surface area (Å²) in [5.41, 5.74) is 0. The highest BCUT2D eigenvalue weighted by molar-refractivity contribution is 9.10. The Labute approximate surface area is 143 Å². The number of halogens is 1. The van der Waals surface area contributed by atoms with Crippen LogP contribution in [0, 0.1) is 0 Å². The molecule has 2 aromatic rings. The third-order valence-electron chi connectivity index (χ3n) is 2.90. The summed E-state index contributed by atoms with van der Waals surface area (Å²) in [4.78, 5) is 3.58. The van der Waals surface area contributed by atoms with Gasteiger partial charge in [0.25, 0.3) is 0 Å². The average Bonchev–Trinajstić information content (AvgIpc) is 2.89. The maximum absolute atomic E-state index is 12.5. The maximum Gasteiger partial charge on any atom is 0.242 e. The molecule has 23 heavy (non-hydrogen) atoms. The quantitative estimate of drug-likeness (QED) is 0.736. The van der Waals surface area contributed by atoms with Gasteiger partial charge in [-0.2, -0.15) is 5.10 Å². The van der Waals surface area contributed by atoms with Crippen molar-refractivity contribution in [2.45, 2.75) is 29.3 Å². The maximum atomic E-state index is 12.5. The highest BCUT2D eigenvalue weighted by atomic mass is 79.9. The minimum atomic E-state index is -3.90. The molecule has 0 spiro atoms. The minimum absolute atomic E-state index is 0.0648. The molecule has 0 aliphatic carbocycles. The number of sulfonamides is 1. The number of aromatic nitrogens is 3. The lowest BCUT2D eigenvalue weighted by Gasteiger charge is -2.15. The minimum Gasteiger partial charge on any atom is -0.251 e. The second-order valence-corrected chi connectivity index (χ2v) is 9.56. The van der Waals surface area contributed by atoms with Crippen molar-refractivity contribution in [2.75, 3.05) is 6.26 Å². The first-order valence-corrected chi connectivity index (χ1v) is 10.6. The van der Waals surface area contributed by atoms with Crippen LogP contribution in [0.1, 0.15) is 6.92 Å². The number of hydrogen-bond donors (Lipinski definition) is 1. The van der Waals surface area contributed by atoms with Crippen molar-refractivity contribution < 1.29 is 16.8 Å². The van der Waals surface area contributed by atoms with Crippen LogP contribution < -0.4 is 4.72 Å². The first kappa shape index (κ1) is 18.0. The second-order valence-electron chi connectivity index (χ2n) is 5.00. The van der Waals surface area contributed by atoms with E-state index in [2.05, 4.69) is 30.7 Å². The van der Waals surface area contributed by atoms with Gasteiger partial charge in [0.1, 0.15) is 12.7 Å². The van der Waals surface area contributed by atoms with E-state index >= 15 is 0 Å². The molecule has 0 amide bonds. The van der Waals surface area contributed by atoms with Crippen LogP contribution in [-0.4, -0.2) is 43.9 Å². The van der Waals surface area contributed by atoms with Crippen molar-refractivity contribution in [3.05, 3.63) is 35.3 Å². The number of nitrogens with one attached hydrogen (secondary N) is 1. The number of sulfone groups is 1. The molecule has 0 aliphatic rings. The highest BCUT2D eigenvalue weighted by Crippen LogP contribution is 2.25. The van der Waals surface area contributed by atoms with E-state index in [1.165, 1.54) is 29.5 Å². The molecule has 0 bridgehead atoms. The molecule has 126 valence electrons. The fourth-order valence-corrected chi connectivity index (χ4v) is 4.84. The van der Waals surface area contributed by atoms with Crippen molar-refractivity contribution in [3.8, 4) is 0 Å². The smallest absolute Gasteiger partial charge is 0.242 e. The first-order chi connectivity index (χ1) is 10.6. The van der Waals surface area contributed by atoms with E-state index in [1.807, 2.05) is 0 Å². The zero-order valence-electron chi connectivity index (χ0n) is 12.3. The molecule has 0 saturated heterocycles. The Bertz CT molecular complexity index is 895. The summed E-state index contributed by atoms with van der Waals surface area (Å²) < 4.78 is 52.5. The van der Waals surface area contributed by atoms with E-state index < -0.39 is 25.9 Å². The van der Waals surface area contributed by atoms with Crippen LogP contribution >= 0.6 is 15.9 Å². The van der Waals surface area contributed by atoms with E-state index in [4.69, 9.17) is 0 Å². The van der Waals surface area contributed by atoms with Gasteiger partial charge in [0.2, 0.25) is 10.0 Å². The van der Waals surface area contributed by atoms with Gasteiger partial charge in [0, 0.05) is 16.8 Å². The molecular weight excluding hydrogens is 408 g/mol. The number of hydrogen-bond acceptors (Lipinski definition) is 6. The van der Waals surface area contributed by atoms with Gasteiger partial charge in [-0.1, -0.05) is 0 Å². The molecule has 1 N–H and O–H groups in total. The molecule has 11 heteroatoms. The van der Waals surface area contributed by atoms with Crippen LogP contribution in [0.3, 0.4) is 0 Å². The molecule has 1 heterocycles. The number of rotatable bonds is 6. The van der Waals surface area contributed by atoms with Crippen LogP contribution in [0.2, 0.25) is 0 Å². The zero-order valence-corrected chi connectivity index (χ0v) is 15.6. The summed E-state index contributed by atoms with van der Waals surface area (Å²) in [6.07, 6.45) is 3.85. The SMILES string of the molecule is CC(Cn1cncn1)NS(=O)(=O)c1cc(S(C)(=O)=O)ccc1Br. The summed E-state index contributed by atoms with van der Waals surface area (Å²) in [5.74, 6) is 0. The van der Waals surface area contributed by atoms with Gasteiger partial charge in [-0.25, -0.2) is 26.5 Å². The second kappa shape index (κ2) is 6.67. The molecule has 0 fully saturated rings. The van der Waals surface area contributed by atoms with E-state index in [0.717, 1.165) is 12.3 Å². The van der Waals surface area contributed by atoms with Crippen molar-refractivity contribution in [1.82, 2.24) is 19.5 Å². The van der Waals surface area contributed by atoms with Crippen LogP contribution in [-0.2, 0) is 26.4 Å². The molecule has 0 aliphatic heterocycles. The lowest BCUT2D eigenvalue weighted by Crippen LogP contribution is -2.36. The Hall–Kier alpha value is -1.30. The van der Waals surface area contributed by atoms with Gasteiger partial charge in [-0.3, -0.25) is 4.68 Å². The van der Waals surface area contributed by atoms with E-state index in [0.29, 0.717) is 6.54 Å². The fourth-order valence-electron chi connectivity index (χ4n) is 1.89. The molecule has 1 unspecified atom stereocenters. The van der Waals surface area contributed by atoms with Crippen LogP contribution in [0.5, 0.6) is 0 Å². The molecule has 8 nitrogen and oxygen atoms in total. The largest absolute Gasteiger partial charge is 0.251 e. The van der Waals surface area contributed by atoms with Crippen molar-refractivity contribution >= 4 is 35.8 Å². The van der Waals surface area contributed by atoms with Crippen molar-refractivity contribution in [2.24, 2.45) is 0 Å². The third kappa shape index (κ3) is 4.59. The van der Waals surface area contributed by atoms with Crippen LogP contribution in [0.4, 0.5) is 0 Å². The highest BCUT2D eigenvalue weighted by Gasteiger charge is 2.22. The molecule has 0 saturated carbocycles. The van der Waals surface area contributed by atoms with Gasteiger partial charge in [-0.15, -0.1) is 0 Å². The summed E-state index contributed by atoms with van der Waals surface area (Å²) in [6.45, 7) is 1.97. The number of benzene rings is 1. The lowest BCUT2D eigenvalue weighted by atomic mass is 10.4. The predicted octanol–water partition coefficient (Wildman–Crippen LogP) is 0.811. The van der Waals surface area contributed by atoms with Gasteiger partial charge in [0.05, 0.1) is 16.3 Å². The van der Waals surface area contributed by atoms with Crippen molar-refractivity contribution in [1.29, 1.82) is 0 Å². The Morgan fingerprint density at radius 1 is 1.30 bits per heavy atom. The first-order valence-electron chi connectivity index (χ1n) is 6.44. The van der Waals surface area contributed by atoms with Crippen LogP contribution in [0.15, 0.2) is 45.1 Å².